The van der Waals surface area contributed by atoms with E-state index in [1.54, 1.807) is 19.2 Å². The first-order chi connectivity index (χ1) is 11.1. The summed E-state index contributed by atoms with van der Waals surface area (Å²) in [7, 11) is 1.60. The van der Waals surface area contributed by atoms with E-state index in [0.29, 0.717) is 23.9 Å². The number of nitrogens with zero attached hydrogens (tertiary/aromatic N) is 2. The molecule has 0 saturated heterocycles. The fourth-order valence-electron chi connectivity index (χ4n) is 3.27. The van der Waals surface area contributed by atoms with Crippen molar-refractivity contribution in [3.05, 3.63) is 47.0 Å². The van der Waals surface area contributed by atoms with Gasteiger partial charge in [-0.25, -0.2) is 4.39 Å². The summed E-state index contributed by atoms with van der Waals surface area (Å²) in [5.74, 6) is 0.478. The standard InChI is InChI=1S/C18H24FN3O/c1-12(2)22-18-13(11-21-22)5-4-6-17(18)20-10-14-9-15(23-3)7-8-16(14)19/h7-9,11-12,17,20H,4-6,10H2,1-3H3. The molecule has 23 heavy (non-hydrogen) atoms. The van der Waals surface area contributed by atoms with E-state index in [1.165, 1.54) is 17.3 Å². The quantitative estimate of drug-likeness (QED) is 0.912. The van der Waals surface area contributed by atoms with Gasteiger partial charge in [-0.3, -0.25) is 4.68 Å². The van der Waals surface area contributed by atoms with Crippen molar-refractivity contribution in [2.45, 2.75) is 51.7 Å². The van der Waals surface area contributed by atoms with Crippen LogP contribution in [0, 0.1) is 5.82 Å². The van der Waals surface area contributed by atoms with E-state index >= 15 is 0 Å². The lowest BCUT2D eigenvalue weighted by Crippen LogP contribution is -2.28. The third-order valence-electron chi connectivity index (χ3n) is 4.46. The zero-order valence-electron chi connectivity index (χ0n) is 14.0. The Labute approximate surface area is 136 Å². The molecule has 1 aliphatic carbocycles. The molecule has 1 aliphatic rings. The van der Waals surface area contributed by atoms with Crippen molar-refractivity contribution in [3.8, 4) is 5.75 Å². The van der Waals surface area contributed by atoms with E-state index in [2.05, 4.69) is 28.9 Å². The zero-order chi connectivity index (χ0) is 16.4. The molecular weight excluding hydrogens is 293 g/mol. The number of fused-ring (bicyclic) bond motifs is 1. The Kier molecular flexibility index (Phi) is 4.66. The summed E-state index contributed by atoms with van der Waals surface area (Å²) < 4.78 is 21.3. The second-order valence-corrected chi connectivity index (χ2v) is 6.38. The predicted octanol–water partition coefficient (Wildman–Crippen LogP) is 3.78. The molecule has 3 rings (SSSR count). The van der Waals surface area contributed by atoms with Crippen LogP contribution in [-0.4, -0.2) is 16.9 Å². The Hall–Kier alpha value is -1.88. The summed E-state index contributed by atoms with van der Waals surface area (Å²) in [5, 5.41) is 8.04. The lowest BCUT2D eigenvalue weighted by atomic mass is 9.93. The number of ether oxygens (including phenoxy) is 1. The van der Waals surface area contributed by atoms with Gasteiger partial charge < -0.3 is 10.1 Å². The van der Waals surface area contributed by atoms with E-state index in [9.17, 15) is 4.39 Å². The Balaban J connectivity index is 1.79. The number of nitrogens with one attached hydrogen (secondary N) is 1. The predicted molar refractivity (Wildman–Crippen MR) is 88.1 cm³/mol. The summed E-state index contributed by atoms with van der Waals surface area (Å²) in [6, 6.07) is 5.40. The molecular formula is C18H24FN3O. The number of methoxy groups -OCH3 is 1. The molecule has 124 valence electrons. The highest BCUT2D eigenvalue weighted by molar-refractivity contribution is 5.30. The molecule has 2 aromatic rings. The van der Waals surface area contributed by atoms with E-state index in [4.69, 9.17) is 4.74 Å². The molecule has 4 nitrogen and oxygen atoms in total. The molecule has 0 spiro atoms. The zero-order valence-corrected chi connectivity index (χ0v) is 14.0. The molecule has 1 unspecified atom stereocenters. The first kappa shape index (κ1) is 16.0. The number of hydrogen-bond acceptors (Lipinski definition) is 3. The molecule has 0 saturated carbocycles. The lowest BCUT2D eigenvalue weighted by Gasteiger charge is -2.27. The van der Waals surface area contributed by atoms with Gasteiger partial charge in [0.25, 0.3) is 0 Å². The average Bonchev–Trinajstić information content (AvgIpc) is 2.99. The number of aromatic nitrogens is 2. The van der Waals surface area contributed by atoms with Crippen molar-refractivity contribution in [2.24, 2.45) is 0 Å². The number of halogens is 1. The molecule has 1 N–H and O–H groups in total. The lowest BCUT2D eigenvalue weighted by molar-refractivity contribution is 0.395. The summed E-state index contributed by atoms with van der Waals surface area (Å²) >= 11 is 0. The van der Waals surface area contributed by atoms with Crippen LogP contribution < -0.4 is 10.1 Å². The van der Waals surface area contributed by atoms with E-state index < -0.39 is 0 Å². The minimum Gasteiger partial charge on any atom is -0.497 e. The van der Waals surface area contributed by atoms with Gasteiger partial charge in [-0.05, 0) is 56.9 Å². The Bertz CT molecular complexity index is 681. The van der Waals surface area contributed by atoms with Crippen LogP contribution in [0.15, 0.2) is 24.4 Å². The normalized spacial score (nSPS) is 17.3. The minimum absolute atomic E-state index is 0.202. The molecule has 5 heteroatoms. The largest absolute Gasteiger partial charge is 0.497 e. The van der Waals surface area contributed by atoms with Crippen LogP contribution >= 0.6 is 0 Å². The van der Waals surface area contributed by atoms with Gasteiger partial charge in [0.05, 0.1) is 19.0 Å². The van der Waals surface area contributed by atoms with Crippen LogP contribution in [0.1, 0.15) is 55.6 Å². The van der Waals surface area contributed by atoms with Crippen LogP contribution in [0.3, 0.4) is 0 Å². The smallest absolute Gasteiger partial charge is 0.127 e. The number of benzene rings is 1. The average molecular weight is 317 g/mol. The van der Waals surface area contributed by atoms with Crippen molar-refractivity contribution in [2.75, 3.05) is 7.11 Å². The van der Waals surface area contributed by atoms with Crippen molar-refractivity contribution in [1.82, 2.24) is 15.1 Å². The topological polar surface area (TPSA) is 39.1 Å². The van der Waals surface area contributed by atoms with Crippen LogP contribution in [0.2, 0.25) is 0 Å². The minimum atomic E-state index is -0.202. The highest BCUT2D eigenvalue weighted by Gasteiger charge is 2.25. The van der Waals surface area contributed by atoms with Crippen molar-refractivity contribution in [3.63, 3.8) is 0 Å². The summed E-state index contributed by atoms with van der Waals surface area (Å²) in [5.41, 5.74) is 3.20. The summed E-state index contributed by atoms with van der Waals surface area (Å²) in [4.78, 5) is 0. The highest BCUT2D eigenvalue weighted by Crippen LogP contribution is 2.31. The first-order valence-corrected chi connectivity index (χ1v) is 8.22. The SMILES string of the molecule is COc1ccc(F)c(CNC2CCCc3cnn(C(C)C)c32)c1. The maximum absolute atomic E-state index is 14.0. The maximum Gasteiger partial charge on any atom is 0.127 e. The third kappa shape index (κ3) is 3.24. The fourth-order valence-corrected chi connectivity index (χ4v) is 3.27. The second kappa shape index (κ2) is 6.71. The monoisotopic (exact) mass is 317 g/mol. The summed E-state index contributed by atoms with van der Waals surface area (Å²) in [6.07, 6.45) is 5.25. The van der Waals surface area contributed by atoms with Gasteiger partial charge in [0.15, 0.2) is 0 Å². The Morgan fingerprint density at radius 1 is 1.43 bits per heavy atom. The van der Waals surface area contributed by atoms with Gasteiger partial charge in [-0.15, -0.1) is 0 Å². The van der Waals surface area contributed by atoms with Gasteiger partial charge in [-0.2, -0.15) is 5.10 Å². The maximum atomic E-state index is 14.0. The van der Waals surface area contributed by atoms with E-state index in [-0.39, 0.29) is 11.9 Å². The highest BCUT2D eigenvalue weighted by atomic mass is 19.1. The Morgan fingerprint density at radius 3 is 3.00 bits per heavy atom. The number of hydrogen-bond donors (Lipinski definition) is 1. The second-order valence-electron chi connectivity index (χ2n) is 6.38. The van der Waals surface area contributed by atoms with Gasteiger partial charge >= 0.3 is 0 Å². The van der Waals surface area contributed by atoms with Crippen LogP contribution in [-0.2, 0) is 13.0 Å². The van der Waals surface area contributed by atoms with Gasteiger partial charge in [0, 0.05) is 24.2 Å². The molecule has 0 amide bonds. The molecule has 0 bridgehead atoms. The van der Waals surface area contributed by atoms with Crippen molar-refractivity contribution >= 4 is 0 Å². The van der Waals surface area contributed by atoms with Crippen molar-refractivity contribution in [1.29, 1.82) is 0 Å². The fraction of sp³-hybridized carbons (Fsp3) is 0.500. The molecule has 1 aromatic heterocycles. The summed E-state index contributed by atoms with van der Waals surface area (Å²) in [6.45, 7) is 4.76. The van der Waals surface area contributed by atoms with Crippen LogP contribution in [0.5, 0.6) is 5.75 Å². The molecule has 1 heterocycles. The number of rotatable bonds is 5. The molecule has 0 fully saturated rings. The van der Waals surface area contributed by atoms with Gasteiger partial charge in [0.2, 0.25) is 0 Å². The van der Waals surface area contributed by atoms with Crippen LogP contribution in [0.4, 0.5) is 4.39 Å². The molecule has 1 aromatic carbocycles. The van der Waals surface area contributed by atoms with Gasteiger partial charge in [-0.1, -0.05) is 0 Å². The molecule has 1 atom stereocenters. The van der Waals surface area contributed by atoms with E-state index in [1.807, 2.05) is 6.20 Å². The third-order valence-corrected chi connectivity index (χ3v) is 4.46. The van der Waals surface area contributed by atoms with Gasteiger partial charge in [0.1, 0.15) is 11.6 Å². The van der Waals surface area contributed by atoms with Crippen LogP contribution in [0.25, 0.3) is 0 Å². The van der Waals surface area contributed by atoms with Crippen molar-refractivity contribution < 1.29 is 9.13 Å². The molecule has 0 radical (unpaired) electrons. The number of aryl methyl sites for hydroxylation is 1. The first-order valence-electron chi connectivity index (χ1n) is 8.22. The Morgan fingerprint density at radius 2 is 2.26 bits per heavy atom. The molecule has 0 aliphatic heterocycles. The van der Waals surface area contributed by atoms with E-state index in [0.717, 1.165) is 19.3 Å².